The monoisotopic (exact) mass is 626 g/mol. The number of carbonyl (C=O) groups excluding carboxylic acids is 4. The molecule has 13 nitrogen and oxygen atoms in total. The number of aliphatic carboxylic acids is 1. The molecular weight excluding hydrogens is 588 g/mol. The largest absolute Gasteiger partial charge is 0.508 e. The number of thioether (sulfide) groups is 1. The summed E-state index contributed by atoms with van der Waals surface area (Å²) < 4.78 is 0. The van der Waals surface area contributed by atoms with Crippen LogP contribution in [0.2, 0.25) is 0 Å². The highest BCUT2D eigenvalue weighted by atomic mass is 32.2. The van der Waals surface area contributed by atoms with Crippen LogP contribution in [0.5, 0.6) is 5.75 Å². The molecule has 44 heavy (non-hydrogen) atoms. The van der Waals surface area contributed by atoms with Gasteiger partial charge in [0.2, 0.25) is 23.6 Å². The van der Waals surface area contributed by atoms with Gasteiger partial charge >= 0.3 is 5.97 Å². The van der Waals surface area contributed by atoms with E-state index in [4.69, 9.17) is 11.5 Å². The number of H-pyrrole nitrogens is 1. The van der Waals surface area contributed by atoms with E-state index in [1.54, 1.807) is 18.3 Å². The number of hydrogen-bond donors (Lipinski definition) is 8. The van der Waals surface area contributed by atoms with Crippen molar-refractivity contribution in [3.05, 3.63) is 65.9 Å². The van der Waals surface area contributed by atoms with Crippen molar-refractivity contribution in [2.24, 2.45) is 11.5 Å². The number of benzene rings is 2. The number of carboxylic acids is 1. The molecule has 0 radical (unpaired) electrons. The number of nitrogens with one attached hydrogen (secondary N) is 4. The topological polar surface area (TPSA) is 230 Å². The van der Waals surface area contributed by atoms with Gasteiger partial charge in [0.05, 0.1) is 6.04 Å². The molecule has 0 bridgehead atoms. The molecular formula is C30H38N6O7S. The summed E-state index contributed by atoms with van der Waals surface area (Å²) in [7, 11) is 0. The predicted octanol–water partition coefficient (Wildman–Crippen LogP) is 0.544. The number of hydrogen-bond acceptors (Lipinski definition) is 8. The molecule has 0 aliphatic rings. The number of rotatable bonds is 17. The van der Waals surface area contributed by atoms with Crippen LogP contribution in [-0.2, 0) is 36.8 Å². The first-order valence-electron chi connectivity index (χ1n) is 14.0. The lowest BCUT2D eigenvalue weighted by molar-refractivity contribution is -0.142. The highest BCUT2D eigenvalue weighted by Crippen LogP contribution is 2.19. The molecule has 4 amide bonds. The molecule has 3 aromatic rings. The normalized spacial score (nSPS) is 13.8. The van der Waals surface area contributed by atoms with E-state index in [1.807, 2.05) is 30.5 Å². The zero-order valence-electron chi connectivity index (χ0n) is 24.2. The van der Waals surface area contributed by atoms with Crippen LogP contribution >= 0.6 is 11.8 Å². The Labute approximate surface area is 258 Å². The summed E-state index contributed by atoms with van der Waals surface area (Å²) in [6, 6.07) is 8.70. The summed E-state index contributed by atoms with van der Waals surface area (Å²) in [4.78, 5) is 66.4. The lowest BCUT2D eigenvalue weighted by Gasteiger charge is -2.25. The van der Waals surface area contributed by atoms with Crippen LogP contribution in [0.15, 0.2) is 54.7 Å². The summed E-state index contributed by atoms with van der Waals surface area (Å²) in [6.45, 7) is 0. The van der Waals surface area contributed by atoms with Gasteiger partial charge in [0, 0.05) is 29.9 Å². The Morgan fingerprint density at radius 2 is 1.50 bits per heavy atom. The molecule has 0 saturated heterocycles. The van der Waals surface area contributed by atoms with E-state index in [9.17, 15) is 34.2 Å². The van der Waals surface area contributed by atoms with E-state index in [0.29, 0.717) is 11.3 Å². The molecule has 3 rings (SSSR count). The molecule has 10 N–H and O–H groups in total. The Morgan fingerprint density at radius 3 is 2.16 bits per heavy atom. The van der Waals surface area contributed by atoms with Crippen LogP contribution in [-0.4, -0.2) is 81.0 Å². The molecule has 236 valence electrons. The van der Waals surface area contributed by atoms with Gasteiger partial charge < -0.3 is 42.6 Å². The Hall–Kier alpha value is -4.56. The molecule has 1 heterocycles. The second kappa shape index (κ2) is 16.3. The molecule has 0 saturated carbocycles. The average Bonchev–Trinajstić information content (AvgIpc) is 3.40. The zero-order valence-corrected chi connectivity index (χ0v) is 25.1. The number of phenolic OH excluding ortho intramolecular Hbond substituents is 1. The summed E-state index contributed by atoms with van der Waals surface area (Å²) in [6.07, 6.45) is 3.44. The number of carbonyl (C=O) groups is 5. The van der Waals surface area contributed by atoms with E-state index < -0.39 is 53.8 Å². The van der Waals surface area contributed by atoms with Crippen molar-refractivity contribution < 1.29 is 34.2 Å². The Morgan fingerprint density at radius 1 is 0.864 bits per heavy atom. The van der Waals surface area contributed by atoms with E-state index >= 15 is 0 Å². The van der Waals surface area contributed by atoms with Crippen molar-refractivity contribution in [1.82, 2.24) is 20.9 Å². The van der Waals surface area contributed by atoms with Crippen molar-refractivity contribution in [3.63, 3.8) is 0 Å². The number of carboxylic acid groups (broad SMARTS) is 1. The maximum absolute atomic E-state index is 13.5. The van der Waals surface area contributed by atoms with Gasteiger partial charge in [-0.3, -0.25) is 19.2 Å². The van der Waals surface area contributed by atoms with Crippen LogP contribution in [0.3, 0.4) is 0 Å². The molecule has 14 heteroatoms. The van der Waals surface area contributed by atoms with Gasteiger partial charge in [0.1, 0.15) is 23.9 Å². The zero-order chi connectivity index (χ0) is 32.2. The molecule has 2 aromatic carbocycles. The SMILES string of the molecule is CSCCC(NC(=O)C(Cc1ccc(O)cc1)NC(=O)C(CCC(N)=O)NC(=O)C(N)Cc1c[nH]c2ccccc12)C(=O)O. The van der Waals surface area contributed by atoms with Crippen LogP contribution in [0.1, 0.15) is 30.4 Å². The molecule has 1 aromatic heterocycles. The number of aromatic nitrogens is 1. The van der Waals surface area contributed by atoms with Gasteiger partial charge in [-0.15, -0.1) is 0 Å². The minimum absolute atomic E-state index is 0.00000241. The fraction of sp³-hybridized carbons (Fsp3) is 0.367. The van der Waals surface area contributed by atoms with Crippen LogP contribution in [0.4, 0.5) is 0 Å². The molecule has 4 atom stereocenters. The number of para-hydroxylation sites is 1. The Kier molecular flexibility index (Phi) is 12.6. The molecule has 0 spiro atoms. The van der Waals surface area contributed by atoms with Crippen molar-refractivity contribution in [1.29, 1.82) is 0 Å². The third-order valence-corrected chi connectivity index (χ3v) is 7.64. The van der Waals surface area contributed by atoms with E-state index in [1.165, 1.54) is 23.9 Å². The highest BCUT2D eigenvalue weighted by Gasteiger charge is 2.31. The summed E-state index contributed by atoms with van der Waals surface area (Å²) in [5.41, 5.74) is 13.8. The second-order valence-electron chi connectivity index (χ2n) is 10.3. The number of aromatic amines is 1. The average molecular weight is 627 g/mol. The summed E-state index contributed by atoms with van der Waals surface area (Å²) in [5.74, 6) is -3.63. The smallest absolute Gasteiger partial charge is 0.326 e. The summed E-state index contributed by atoms with van der Waals surface area (Å²) in [5, 5.41) is 27.8. The first-order chi connectivity index (χ1) is 21.0. The minimum Gasteiger partial charge on any atom is -0.508 e. The highest BCUT2D eigenvalue weighted by molar-refractivity contribution is 7.98. The Balaban J connectivity index is 1.78. The van der Waals surface area contributed by atoms with Crippen molar-refractivity contribution in [2.45, 2.75) is 56.3 Å². The first kappa shape index (κ1) is 33.9. The number of phenols is 1. The molecule has 4 unspecified atom stereocenters. The maximum atomic E-state index is 13.5. The van der Waals surface area contributed by atoms with Crippen molar-refractivity contribution in [3.8, 4) is 5.75 Å². The van der Waals surface area contributed by atoms with Gasteiger partial charge in [-0.1, -0.05) is 30.3 Å². The van der Waals surface area contributed by atoms with Crippen molar-refractivity contribution in [2.75, 3.05) is 12.0 Å². The molecule has 0 aliphatic carbocycles. The fourth-order valence-corrected chi connectivity index (χ4v) is 5.05. The van der Waals surface area contributed by atoms with Gasteiger partial charge in [-0.2, -0.15) is 11.8 Å². The number of nitrogens with two attached hydrogens (primary N) is 2. The maximum Gasteiger partial charge on any atom is 0.326 e. The van der Waals surface area contributed by atoms with Crippen molar-refractivity contribution >= 4 is 52.3 Å². The molecule has 0 aliphatic heterocycles. The summed E-state index contributed by atoms with van der Waals surface area (Å²) >= 11 is 1.42. The third kappa shape index (κ3) is 10.0. The fourth-order valence-electron chi connectivity index (χ4n) is 4.58. The first-order valence-corrected chi connectivity index (χ1v) is 15.4. The van der Waals surface area contributed by atoms with E-state index in [0.717, 1.165) is 16.5 Å². The van der Waals surface area contributed by atoms with Gasteiger partial charge in [-0.25, -0.2) is 4.79 Å². The van der Waals surface area contributed by atoms with Crippen LogP contribution in [0.25, 0.3) is 10.9 Å². The van der Waals surface area contributed by atoms with E-state index in [2.05, 4.69) is 20.9 Å². The number of primary amides is 1. The second-order valence-corrected chi connectivity index (χ2v) is 11.3. The quantitative estimate of drug-likeness (QED) is 0.104. The van der Waals surface area contributed by atoms with Gasteiger partial charge in [-0.05, 0) is 60.6 Å². The lowest BCUT2D eigenvalue weighted by Crippen LogP contribution is -2.58. The number of aromatic hydroxyl groups is 1. The van der Waals surface area contributed by atoms with Gasteiger partial charge in [0.15, 0.2) is 0 Å². The minimum atomic E-state index is -1.27. The number of amides is 4. The Bertz CT molecular complexity index is 1460. The predicted molar refractivity (Wildman–Crippen MR) is 167 cm³/mol. The van der Waals surface area contributed by atoms with Gasteiger partial charge in [0.25, 0.3) is 0 Å². The van der Waals surface area contributed by atoms with Crippen LogP contribution < -0.4 is 27.4 Å². The number of fused-ring (bicyclic) bond motifs is 1. The van der Waals surface area contributed by atoms with E-state index in [-0.39, 0.29) is 37.9 Å². The third-order valence-electron chi connectivity index (χ3n) is 7.00. The molecule has 0 fully saturated rings. The standard InChI is InChI=1S/C30H38N6O7S/c1-44-13-12-24(30(42)43)35-29(41)25(14-17-6-8-19(37)9-7-17)36-28(40)23(10-11-26(32)38)34-27(39)21(31)15-18-16-33-22-5-3-2-4-20(18)22/h2-9,16,21,23-25,33,37H,10-15,31H2,1H3,(H2,32,38)(H,34,39)(H,35,41)(H,36,40)(H,42,43). The lowest BCUT2D eigenvalue weighted by atomic mass is 10.0. The van der Waals surface area contributed by atoms with Crippen LogP contribution in [0, 0.1) is 0 Å².